The molecule has 0 spiro atoms. The molecule has 1 atom stereocenters. The maximum atomic E-state index is 12.2. The topological polar surface area (TPSA) is 147 Å². The molecule has 1 aliphatic rings. The van der Waals surface area contributed by atoms with Crippen molar-refractivity contribution in [3.63, 3.8) is 0 Å². The van der Waals surface area contributed by atoms with Crippen molar-refractivity contribution in [3.8, 4) is 0 Å². The number of sulfonamides is 1. The normalized spacial score (nSPS) is 15.5. The van der Waals surface area contributed by atoms with Crippen molar-refractivity contribution in [2.24, 2.45) is 10.9 Å². The first kappa shape index (κ1) is 22.3. The fourth-order valence-electron chi connectivity index (χ4n) is 2.64. The summed E-state index contributed by atoms with van der Waals surface area (Å²) in [5.74, 6) is -2.30. The van der Waals surface area contributed by atoms with Gasteiger partial charge in [-0.25, -0.2) is 18.4 Å². The molecular weight excluding hydrogens is 442 g/mol. The van der Waals surface area contributed by atoms with Gasteiger partial charge in [0.2, 0.25) is 21.8 Å². The second-order valence-corrected chi connectivity index (χ2v) is 9.22. The molecule has 3 N–H and O–H groups in total. The Bertz CT molecular complexity index is 1170. The van der Waals surface area contributed by atoms with Gasteiger partial charge in [-0.05, 0) is 30.7 Å². The molecule has 12 heteroatoms. The van der Waals surface area contributed by atoms with E-state index in [1.807, 2.05) is 0 Å². The molecule has 0 fully saturated rings. The number of rotatable bonds is 8. The number of carbonyl (C=O) groups is 3. The molecule has 31 heavy (non-hydrogen) atoms. The number of aromatic nitrogens is 1. The zero-order valence-corrected chi connectivity index (χ0v) is 18.0. The molecule has 0 radical (unpaired) electrons. The van der Waals surface area contributed by atoms with E-state index in [1.54, 1.807) is 23.6 Å². The van der Waals surface area contributed by atoms with E-state index in [4.69, 9.17) is 0 Å². The number of benzene rings is 1. The highest BCUT2D eigenvalue weighted by Crippen LogP contribution is 2.20. The molecule has 2 heterocycles. The molecule has 0 saturated heterocycles. The SMILES string of the molecule is CS(=O)(=O)Nc1cccc(NC(=O)CCc2csc(NC(=O)C3C=CC=NC3=O)n2)c1. The van der Waals surface area contributed by atoms with Crippen LogP contribution >= 0.6 is 11.3 Å². The number of aryl methyl sites for hydroxylation is 1. The number of nitrogens with one attached hydrogen (secondary N) is 3. The Morgan fingerprint density at radius 1 is 1.19 bits per heavy atom. The minimum Gasteiger partial charge on any atom is -0.326 e. The first-order valence-electron chi connectivity index (χ1n) is 9.07. The molecule has 162 valence electrons. The second kappa shape index (κ2) is 9.62. The summed E-state index contributed by atoms with van der Waals surface area (Å²) in [6, 6.07) is 6.36. The van der Waals surface area contributed by atoms with Gasteiger partial charge in [0, 0.05) is 23.7 Å². The Balaban J connectivity index is 1.50. The Labute approximate surface area is 182 Å². The van der Waals surface area contributed by atoms with Crippen LogP contribution < -0.4 is 15.4 Å². The van der Waals surface area contributed by atoms with Crippen molar-refractivity contribution in [1.82, 2.24) is 4.98 Å². The summed E-state index contributed by atoms with van der Waals surface area (Å²) in [5, 5.41) is 7.33. The Morgan fingerprint density at radius 2 is 1.97 bits per heavy atom. The van der Waals surface area contributed by atoms with Crippen molar-refractivity contribution in [2.75, 3.05) is 21.6 Å². The lowest BCUT2D eigenvalue weighted by atomic mass is 10.1. The van der Waals surface area contributed by atoms with Gasteiger partial charge in [0.25, 0.3) is 5.91 Å². The number of thiazole rings is 1. The Kier molecular flexibility index (Phi) is 6.92. The maximum absolute atomic E-state index is 12.2. The summed E-state index contributed by atoms with van der Waals surface area (Å²) in [6.45, 7) is 0. The molecule has 0 bridgehead atoms. The van der Waals surface area contributed by atoms with Gasteiger partial charge in [0.1, 0.15) is 5.92 Å². The monoisotopic (exact) mass is 461 g/mol. The molecule has 1 aromatic heterocycles. The van der Waals surface area contributed by atoms with Crippen molar-refractivity contribution >= 4 is 61.8 Å². The van der Waals surface area contributed by atoms with Gasteiger partial charge in [0.05, 0.1) is 17.6 Å². The fraction of sp³-hybridized carbons (Fsp3) is 0.211. The summed E-state index contributed by atoms with van der Waals surface area (Å²) in [5.41, 5.74) is 1.42. The van der Waals surface area contributed by atoms with E-state index in [2.05, 4.69) is 25.3 Å². The van der Waals surface area contributed by atoms with Crippen LogP contribution in [-0.4, -0.2) is 43.6 Å². The van der Waals surface area contributed by atoms with Crippen molar-refractivity contribution in [3.05, 3.63) is 47.5 Å². The number of aliphatic imine (C=N–C) groups is 1. The molecule has 10 nitrogen and oxygen atoms in total. The van der Waals surface area contributed by atoms with Crippen LogP contribution in [0.3, 0.4) is 0 Å². The first-order valence-corrected chi connectivity index (χ1v) is 11.8. The molecule has 1 aliphatic heterocycles. The van der Waals surface area contributed by atoms with Crippen LogP contribution in [0.2, 0.25) is 0 Å². The highest BCUT2D eigenvalue weighted by molar-refractivity contribution is 7.92. The van der Waals surface area contributed by atoms with Crippen LogP contribution in [-0.2, 0) is 30.8 Å². The standard InChI is InChI=1S/C19H19N5O5S2/c1-31(28,29)24-13-5-2-4-12(10-13)21-16(25)8-7-14-11-30-19(22-14)23-18(27)15-6-3-9-20-17(15)26/h2-6,9-11,15,24H,7-8H2,1H3,(H,21,25)(H,22,23,27). The van der Waals surface area contributed by atoms with Crippen LogP contribution in [0.4, 0.5) is 16.5 Å². The lowest BCUT2D eigenvalue weighted by Gasteiger charge is -2.09. The van der Waals surface area contributed by atoms with Crippen LogP contribution in [0.15, 0.2) is 46.8 Å². The van der Waals surface area contributed by atoms with E-state index in [1.165, 1.54) is 35.8 Å². The first-order chi connectivity index (χ1) is 14.7. The number of dihydropyridines is 1. The summed E-state index contributed by atoms with van der Waals surface area (Å²) in [6.07, 6.45) is 5.84. The second-order valence-electron chi connectivity index (χ2n) is 6.62. The third-order valence-electron chi connectivity index (χ3n) is 3.98. The van der Waals surface area contributed by atoms with Gasteiger partial charge in [-0.2, -0.15) is 0 Å². The van der Waals surface area contributed by atoms with Crippen LogP contribution in [0, 0.1) is 5.92 Å². The summed E-state index contributed by atoms with van der Waals surface area (Å²) in [4.78, 5) is 43.9. The number of anilines is 3. The average molecular weight is 462 g/mol. The lowest BCUT2D eigenvalue weighted by molar-refractivity contribution is -0.128. The number of nitrogens with zero attached hydrogens (tertiary/aromatic N) is 2. The van der Waals surface area contributed by atoms with Crippen molar-refractivity contribution in [1.29, 1.82) is 0 Å². The van der Waals surface area contributed by atoms with E-state index in [0.29, 0.717) is 28.6 Å². The zero-order chi connectivity index (χ0) is 22.4. The highest BCUT2D eigenvalue weighted by atomic mass is 32.2. The predicted molar refractivity (Wildman–Crippen MR) is 119 cm³/mol. The van der Waals surface area contributed by atoms with Crippen LogP contribution in [0.5, 0.6) is 0 Å². The van der Waals surface area contributed by atoms with Gasteiger partial charge < -0.3 is 10.6 Å². The third-order valence-corrected chi connectivity index (χ3v) is 5.39. The molecule has 1 unspecified atom stereocenters. The van der Waals surface area contributed by atoms with Gasteiger partial charge >= 0.3 is 0 Å². The number of carbonyl (C=O) groups excluding carboxylic acids is 3. The molecule has 3 amide bonds. The number of allylic oxidation sites excluding steroid dienone is 1. The molecule has 2 aromatic rings. The number of hydrogen-bond donors (Lipinski definition) is 3. The largest absolute Gasteiger partial charge is 0.326 e. The average Bonchev–Trinajstić information content (AvgIpc) is 3.13. The van der Waals surface area contributed by atoms with E-state index in [0.717, 1.165) is 6.26 Å². The summed E-state index contributed by atoms with van der Waals surface area (Å²) >= 11 is 1.19. The van der Waals surface area contributed by atoms with Gasteiger partial charge in [-0.1, -0.05) is 12.1 Å². The van der Waals surface area contributed by atoms with E-state index >= 15 is 0 Å². The zero-order valence-electron chi connectivity index (χ0n) is 16.4. The van der Waals surface area contributed by atoms with E-state index in [9.17, 15) is 22.8 Å². The Hall–Kier alpha value is -3.38. The fourth-order valence-corrected chi connectivity index (χ4v) is 3.94. The minimum atomic E-state index is -3.41. The molecule has 0 saturated carbocycles. The van der Waals surface area contributed by atoms with Crippen molar-refractivity contribution in [2.45, 2.75) is 12.8 Å². The minimum absolute atomic E-state index is 0.138. The lowest BCUT2D eigenvalue weighted by Crippen LogP contribution is -2.28. The van der Waals surface area contributed by atoms with Gasteiger partial charge in [-0.3, -0.25) is 19.1 Å². The number of hydrogen-bond acceptors (Lipinski definition) is 7. The molecule has 3 rings (SSSR count). The van der Waals surface area contributed by atoms with Crippen LogP contribution in [0.25, 0.3) is 0 Å². The van der Waals surface area contributed by atoms with Crippen LogP contribution in [0.1, 0.15) is 12.1 Å². The van der Waals surface area contributed by atoms with E-state index < -0.39 is 27.8 Å². The van der Waals surface area contributed by atoms with Crippen molar-refractivity contribution < 1.29 is 22.8 Å². The molecule has 1 aromatic carbocycles. The van der Waals surface area contributed by atoms with Gasteiger partial charge in [-0.15, -0.1) is 11.3 Å². The third kappa shape index (κ3) is 6.83. The number of amides is 3. The summed E-state index contributed by atoms with van der Waals surface area (Å²) < 4.78 is 25.0. The smallest absolute Gasteiger partial charge is 0.262 e. The highest BCUT2D eigenvalue weighted by Gasteiger charge is 2.25. The molecular formula is C19H19N5O5S2. The van der Waals surface area contributed by atoms with E-state index in [-0.39, 0.29) is 12.3 Å². The summed E-state index contributed by atoms with van der Waals surface area (Å²) in [7, 11) is -3.41. The Morgan fingerprint density at radius 3 is 2.71 bits per heavy atom. The molecule has 0 aliphatic carbocycles. The quantitative estimate of drug-likeness (QED) is 0.511. The van der Waals surface area contributed by atoms with Gasteiger partial charge in [0.15, 0.2) is 5.13 Å². The maximum Gasteiger partial charge on any atom is 0.262 e. The predicted octanol–water partition coefficient (Wildman–Crippen LogP) is 1.81.